The number of hydrogen-bond donors (Lipinski definition) is 1. The van der Waals surface area contributed by atoms with Gasteiger partial charge in [-0.05, 0) is 24.3 Å². The molecular formula is C13H14FNO4S. The van der Waals surface area contributed by atoms with Crippen LogP contribution in [-0.2, 0) is 9.59 Å². The Labute approximate surface area is 119 Å². The zero-order valence-electron chi connectivity index (χ0n) is 10.6. The van der Waals surface area contributed by atoms with E-state index < -0.39 is 12.0 Å². The maximum absolute atomic E-state index is 12.7. The second-order valence-corrected chi connectivity index (χ2v) is 5.27. The van der Waals surface area contributed by atoms with Gasteiger partial charge in [0.25, 0.3) is 0 Å². The number of halogens is 1. The van der Waals surface area contributed by atoms with Crippen LogP contribution in [0.15, 0.2) is 24.3 Å². The Bertz CT molecular complexity index is 494. The van der Waals surface area contributed by atoms with Crippen molar-refractivity contribution < 1.29 is 23.8 Å². The first kappa shape index (κ1) is 14.6. The molecule has 2 rings (SSSR count). The lowest BCUT2D eigenvalue weighted by molar-refractivity contribution is -0.147. The van der Waals surface area contributed by atoms with Crippen molar-refractivity contribution in [1.29, 1.82) is 0 Å². The second kappa shape index (κ2) is 6.60. The summed E-state index contributed by atoms with van der Waals surface area (Å²) in [6.07, 6.45) is 0.0989. The average Bonchev–Trinajstić information content (AvgIpc) is 2.90. The van der Waals surface area contributed by atoms with Crippen LogP contribution in [0, 0.1) is 5.82 Å². The van der Waals surface area contributed by atoms with Crippen molar-refractivity contribution in [2.45, 2.75) is 12.5 Å². The lowest BCUT2D eigenvalue weighted by atomic mass is 10.2. The molecule has 1 aromatic carbocycles. The Balaban J connectivity index is 1.80. The molecule has 1 atom stereocenters. The predicted molar refractivity (Wildman–Crippen MR) is 72.1 cm³/mol. The van der Waals surface area contributed by atoms with Crippen LogP contribution in [0.5, 0.6) is 5.75 Å². The first-order chi connectivity index (χ1) is 9.58. The number of amides is 1. The third-order valence-corrected chi connectivity index (χ3v) is 3.90. The van der Waals surface area contributed by atoms with E-state index in [0.29, 0.717) is 17.4 Å². The molecule has 0 bridgehead atoms. The number of thioether (sulfide) groups is 1. The molecule has 1 amide bonds. The molecule has 1 aromatic rings. The van der Waals surface area contributed by atoms with Crippen molar-refractivity contribution >= 4 is 23.6 Å². The van der Waals surface area contributed by atoms with Gasteiger partial charge in [0.2, 0.25) is 5.91 Å². The molecular weight excluding hydrogens is 285 g/mol. The van der Waals surface area contributed by atoms with Gasteiger partial charge in [-0.2, -0.15) is 0 Å². The Morgan fingerprint density at radius 3 is 2.75 bits per heavy atom. The molecule has 0 aliphatic carbocycles. The van der Waals surface area contributed by atoms with Gasteiger partial charge in [-0.15, -0.1) is 11.8 Å². The summed E-state index contributed by atoms with van der Waals surface area (Å²) in [6, 6.07) is 4.75. The minimum absolute atomic E-state index is 0.0989. The lowest BCUT2D eigenvalue weighted by Crippen LogP contribution is -2.42. The fraction of sp³-hybridized carbons (Fsp3) is 0.385. The fourth-order valence-electron chi connectivity index (χ4n) is 1.82. The SMILES string of the molecule is O=C(O)[C@@H]1CSCN1C(=O)CCOc1ccc(F)cc1. The number of carboxylic acid groups (broad SMARTS) is 1. The smallest absolute Gasteiger partial charge is 0.327 e. The molecule has 1 aliphatic heterocycles. The van der Waals surface area contributed by atoms with Crippen molar-refractivity contribution in [2.24, 2.45) is 0 Å². The van der Waals surface area contributed by atoms with Gasteiger partial charge in [-0.1, -0.05) is 0 Å². The highest BCUT2D eigenvalue weighted by molar-refractivity contribution is 7.99. The van der Waals surface area contributed by atoms with E-state index in [9.17, 15) is 14.0 Å². The van der Waals surface area contributed by atoms with Gasteiger partial charge in [-0.25, -0.2) is 9.18 Å². The Kier molecular flexibility index (Phi) is 4.84. The molecule has 1 aliphatic rings. The van der Waals surface area contributed by atoms with Crippen LogP contribution in [-0.4, -0.2) is 46.2 Å². The second-order valence-electron chi connectivity index (χ2n) is 4.27. The number of ether oxygens (including phenoxy) is 1. The van der Waals surface area contributed by atoms with Gasteiger partial charge in [0.05, 0.1) is 18.9 Å². The quantitative estimate of drug-likeness (QED) is 0.894. The van der Waals surface area contributed by atoms with Gasteiger partial charge in [0.15, 0.2) is 0 Å². The van der Waals surface area contributed by atoms with E-state index in [-0.39, 0.29) is 24.8 Å². The van der Waals surface area contributed by atoms with Gasteiger partial charge in [-0.3, -0.25) is 4.79 Å². The maximum atomic E-state index is 12.7. The summed E-state index contributed by atoms with van der Waals surface area (Å²) in [5.41, 5.74) is 0. The molecule has 0 aromatic heterocycles. The van der Waals surface area contributed by atoms with Gasteiger partial charge in [0, 0.05) is 5.75 Å². The summed E-state index contributed by atoms with van der Waals surface area (Å²) >= 11 is 1.42. The van der Waals surface area contributed by atoms with Crippen LogP contribution < -0.4 is 4.74 Å². The van der Waals surface area contributed by atoms with E-state index in [1.807, 2.05) is 0 Å². The molecule has 0 spiro atoms. The molecule has 108 valence electrons. The Morgan fingerprint density at radius 2 is 2.10 bits per heavy atom. The summed E-state index contributed by atoms with van der Waals surface area (Å²) in [5, 5.41) is 8.99. The van der Waals surface area contributed by atoms with Crippen LogP contribution >= 0.6 is 11.8 Å². The summed E-state index contributed by atoms with van der Waals surface area (Å²) in [6.45, 7) is 0.137. The average molecular weight is 299 g/mol. The van der Waals surface area contributed by atoms with Gasteiger partial charge < -0.3 is 14.7 Å². The summed E-state index contributed by atoms with van der Waals surface area (Å²) in [4.78, 5) is 24.2. The van der Waals surface area contributed by atoms with E-state index in [1.54, 1.807) is 0 Å². The third-order valence-electron chi connectivity index (χ3n) is 2.89. The number of carboxylic acids is 1. The first-order valence-corrected chi connectivity index (χ1v) is 7.22. The third kappa shape index (κ3) is 3.63. The number of nitrogens with zero attached hydrogens (tertiary/aromatic N) is 1. The number of benzene rings is 1. The van der Waals surface area contributed by atoms with Crippen LogP contribution in [0.1, 0.15) is 6.42 Å². The monoisotopic (exact) mass is 299 g/mol. The molecule has 0 radical (unpaired) electrons. The molecule has 0 saturated carbocycles. The first-order valence-electron chi connectivity index (χ1n) is 6.06. The van der Waals surface area contributed by atoms with Gasteiger partial charge >= 0.3 is 5.97 Å². The summed E-state index contributed by atoms with van der Waals surface area (Å²) in [5.74, 6) is -0.296. The largest absolute Gasteiger partial charge is 0.493 e. The van der Waals surface area contributed by atoms with E-state index >= 15 is 0 Å². The van der Waals surface area contributed by atoms with Crippen molar-refractivity contribution in [2.75, 3.05) is 18.2 Å². The molecule has 5 nitrogen and oxygen atoms in total. The molecule has 7 heteroatoms. The summed E-state index contributed by atoms with van der Waals surface area (Å²) in [7, 11) is 0. The van der Waals surface area contributed by atoms with Gasteiger partial charge in [0.1, 0.15) is 17.6 Å². The number of carbonyl (C=O) groups excluding carboxylic acids is 1. The van der Waals surface area contributed by atoms with Crippen molar-refractivity contribution in [3.05, 3.63) is 30.1 Å². The normalized spacial score (nSPS) is 18.1. The molecule has 1 N–H and O–H groups in total. The predicted octanol–water partition coefficient (Wildman–Crippen LogP) is 1.58. The number of hydrogen-bond acceptors (Lipinski definition) is 4. The number of carbonyl (C=O) groups is 2. The standard InChI is InChI=1S/C13H14FNO4S/c14-9-1-3-10(4-2-9)19-6-5-12(16)15-8-20-7-11(15)13(17)18/h1-4,11H,5-8H2,(H,17,18)/t11-/m0/s1. The lowest BCUT2D eigenvalue weighted by Gasteiger charge is -2.20. The van der Waals surface area contributed by atoms with E-state index in [0.717, 1.165) is 0 Å². The zero-order chi connectivity index (χ0) is 14.5. The summed E-state index contributed by atoms with van der Waals surface area (Å²) < 4.78 is 18.0. The topological polar surface area (TPSA) is 66.8 Å². The van der Waals surface area contributed by atoms with Crippen LogP contribution in [0.4, 0.5) is 4.39 Å². The van der Waals surface area contributed by atoms with E-state index in [2.05, 4.69) is 0 Å². The number of aliphatic carboxylic acids is 1. The highest BCUT2D eigenvalue weighted by Gasteiger charge is 2.34. The van der Waals surface area contributed by atoms with E-state index in [4.69, 9.17) is 9.84 Å². The molecule has 20 heavy (non-hydrogen) atoms. The molecule has 1 fully saturated rings. The highest BCUT2D eigenvalue weighted by Crippen LogP contribution is 2.22. The fourth-order valence-corrected chi connectivity index (χ4v) is 3.00. The van der Waals surface area contributed by atoms with Crippen molar-refractivity contribution in [3.8, 4) is 5.75 Å². The van der Waals surface area contributed by atoms with E-state index in [1.165, 1.54) is 40.9 Å². The van der Waals surface area contributed by atoms with Crippen LogP contribution in [0.3, 0.4) is 0 Å². The minimum Gasteiger partial charge on any atom is -0.493 e. The Hall–Kier alpha value is -1.76. The van der Waals surface area contributed by atoms with Crippen LogP contribution in [0.2, 0.25) is 0 Å². The van der Waals surface area contributed by atoms with Crippen molar-refractivity contribution in [1.82, 2.24) is 4.90 Å². The maximum Gasteiger partial charge on any atom is 0.327 e. The molecule has 0 unspecified atom stereocenters. The minimum atomic E-state index is -0.984. The zero-order valence-corrected chi connectivity index (χ0v) is 11.4. The number of rotatable bonds is 5. The highest BCUT2D eigenvalue weighted by atomic mass is 32.2. The van der Waals surface area contributed by atoms with Crippen molar-refractivity contribution in [3.63, 3.8) is 0 Å². The molecule has 1 saturated heterocycles. The Morgan fingerprint density at radius 1 is 1.40 bits per heavy atom. The molecule has 1 heterocycles. The van der Waals surface area contributed by atoms with Crippen LogP contribution in [0.25, 0.3) is 0 Å².